The molecule has 25 heavy (non-hydrogen) atoms. The van der Waals surface area contributed by atoms with Crippen molar-refractivity contribution in [1.29, 1.82) is 0 Å². The normalized spacial score (nSPS) is 11.5. The molecule has 2 rings (SSSR count). The lowest BCUT2D eigenvalue weighted by Gasteiger charge is -2.14. The topological polar surface area (TPSA) is 98.5 Å². The minimum absolute atomic E-state index is 0.0535. The van der Waals surface area contributed by atoms with Gasteiger partial charge in [-0.25, -0.2) is 4.79 Å². The molecule has 0 bridgehead atoms. The predicted octanol–water partition coefficient (Wildman–Crippen LogP) is 3.74. The first kappa shape index (κ1) is 18.4. The van der Waals surface area contributed by atoms with Crippen molar-refractivity contribution in [3.8, 4) is 0 Å². The molecule has 0 aliphatic carbocycles. The fraction of sp³-hybridized carbons (Fsp3) is 0.176. The number of benzene rings is 2. The molecule has 130 valence electrons. The van der Waals surface area contributed by atoms with Gasteiger partial charge in [-0.2, -0.15) is 0 Å². The van der Waals surface area contributed by atoms with Gasteiger partial charge in [0.1, 0.15) is 0 Å². The van der Waals surface area contributed by atoms with Gasteiger partial charge in [0.2, 0.25) is 0 Å². The van der Waals surface area contributed by atoms with Crippen molar-refractivity contribution >= 4 is 34.9 Å². The standard InChI is InChI=1S/C17H15ClN2O5/c1-10-3-5-12(6-4-10)19-16(21)11(2)25-17(22)14-8-7-13(20(23)24)9-15(14)18/h3-9,11H,1-2H3,(H,19,21)/t11-/m1/s1. The Kier molecular flexibility index (Phi) is 5.71. The summed E-state index contributed by atoms with van der Waals surface area (Å²) in [6, 6.07) is 10.5. The van der Waals surface area contributed by atoms with Crippen LogP contribution in [0, 0.1) is 17.0 Å². The number of nitrogens with zero attached hydrogens (tertiary/aromatic N) is 1. The molecule has 7 nitrogen and oxygen atoms in total. The van der Waals surface area contributed by atoms with Crippen LogP contribution in [0.5, 0.6) is 0 Å². The molecule has 0 saturated carbocycles. The average Bonchev–Trinajstić information content (AvgIpc) is 2.56. The molecule has 1 N–H and O–H groups in total. The van der Waals surface area contributed by atoms with E-state index in [1.54, 1.807) is 12.1 Å². The molecule has 2 aromatic rings. The molecule has 2 aromatic carbocycles. The van der Waals surface area contributed by atoms with Crippen molar-refractivity contribution in [3.05, 3.63) is 68.7 Å². The molecule has 0 radical (unpaired) electrons. The second kappa shape index (κ2) is 7.76. The maximum atomic E-state index is 12.1. The van der Waals surface area contributed by atoms with Crippen molar-refractivity contribution < 1.29 is 19.2 Å². The van der Waals surface area contributed by atoms with E-state index in [1.807, 2.05) is 19.1 Å². The summed E-state index contributed by atoms with van der Waals surface area (Å²) in [6.07, 6.45) is -1.07. The average molecular weight is 363 g/mol. The molecule has 0 heterocycles. The van der Waals surface area contributed by atoms with Crippen molar-refractivity contribution in [2.24, 2.45) is 0 Å². The smallest absolute Gasteiger partial charge is 0.340 e. The van der Waals surface area contributed by atoms with E-state index in [9.17, 15) is 19.7 Å². The lowest BCUT2D eigenvalue weighted by atomic mass is 10.2. The van der Waals surface area contributed by atoms with Crippen molar-refractivity contribution in [3.63, 3.8) is 0 Å². The lowest BCUT2D eigenvalue weighted by molar-refractivity contribution is -0.384. The number of aryl methyl sites for hydroxylation is 1. The summed E-state index contributed by atoms with van der Waals surface area (Å²) in [7, 11) is 0. The van der Waals surface area contributed by atoms with Gasteiger partial charge in [-0.1, -0.05) is 29.3 Å². The van der Waals surface area contributed by atoms with E-state index in [1.165, 1.54) is 13.0 Å². The monoisotopic (exact) mass is 362 g/mol. The highest BCUT2D eigenvalue weighted by atomic mass is 35.5. The van der Waals surface area contributed by atoms with Gasteiger partial charge in [0, 0.05) is 17.8 Å². The Morgan fingerprint density at radius 1 is 1.20 bits per heavy atom. The number of amides is 1. The summed E-state index contributed by atoms with van der Waals surface area (Å²) in [4.78, 5) is 34.2. The Hall–Kier alpha value is -2.93. The Labute approximate surface area is 148 Å². The van der Waals surface area contributed by atoms with Gasteiger partial charge in [-0.05, 0) is 32.0 Å². The SMILES string of the molecule is Cc1ccc(NC(=O)[C@@H](C)OC(=O)c2ccc([N+](=O)[O-])cc2Cl)cc1. The van der Waals surface area contributed by atoms with Crippen LogP contribution in [0.1, 0.15) is 22.8 Å². The van der Waals surface area contributed by atoms with Crippen LogP contribution in [0.2, 0.25) is 5.02 Å². The van der Waals surface area contributed by atoms with Gasteiger partial charge in [0.05, 0.1) is 15.5 Å². The van der Waals surface area contributed by atoms with E-state index in [2.05, 4.69) is 5.32 Å². The first-order valence-electron chi connectivity index (χ1n) is 7.30. The summed E-state index contributed by atoms with van der Waals surface area (Å²) >= 11 is 5.87. The van der Waals surface area contributed by atoms with E-state index in [-0.39, 0.29) is 16.3 Å². The highest BCUT2D eigenvalue weighted by Gasteiger charge is 2.22. The quantitative estimate of drug-likeness (QED) is 0.496. The van der Waals surface area contributed by atoms with Gasteiger partial charge in [-0.3, -0.25) is 14.9 Å². The number of anilines is 1. The summed E-state index contributed by atoms with van der Waals surface area (Å²) in [6.45, 7) is 3.34. The maximum absolute atomic E-state index is 12.1. The number of esters is 1. The van der Waals surface area contributed by atoms with E-state index >= 15 is 0 Å². The minimum Gasteiger partial charge on any atom is -0.449 e. The zero-order chi connectivity index (χ0) is 18.6. The molecule has 0 unspecified atom stereocenters. The Morgan fingerprint density at radius 2 is 1.84 bits per heavy atom. The molecule has 8 heteroatoms. The fourth-order valence-corrected chi connectivity index (χ4v) is 2.19. The zero-order valence-electron chi connectivity index (χ0n) is 13.5. The number of halogens is 1. The summed E-state index contributed by atoms with van der Waals surface area (Å²) in [5.41, 5.74) is 1.33. The number of nitro groups is 1. The summed E-state index contributed by atoms with van der Waals surface area (Å²) in [5.74, 6) is -1.35. The van der Waals surface area contributed by atoms with Gasteiger partial charge in [0.15, 0.2) is 6.10 Å². The Morgan fingerprint density at radius 3 is 2.40 bits per heavy atom. The van der Waals surface area contributed by atoms with Crippen LogP contribution >= 0.6 is 11.6 Å². The van der Waals surface area contributed by atoms with E-state index < -0.39 is 22.9 Å². The van der Waals surface area contributed by atoms with Crippen LogP contribution in [0.3, 0.4) is 0 Å². The van der Waals surface area contributed by atoms with E-state index in [0.29, 0.717) is 5.69 Å². The molecular weight excluding hydrogens is 348 g/mol. The molecule has 1 atom stereocenters. The first-order chi connectivity index (χ1) is 11.8. The number of nitrogens with one attached hydrogen (secondary N) is 1. The zero-order valence-corrected chi connectivity index (χ0v) is 14.2. The van der Waals surface area contributed by atoms with Gasteiger partial charge in [-0.15, -0.1) is 0 Å². The Balaban J connectivity index is 2.02. The molecular formula is C17H15ClN2O5. The second-order valence-corrected chi connectivity index (χ2v) is 5.73. The lowest BCUT2D eigenvalue weighted by Crippen LogP contribution is -2.30. The third-order valence-electron chi connectivity index (χ3n) is 3.36. The van der Waals surface area contributed by atoms with Crippen molar-refractivity contribution in [2.75, 3.05) is 5.32 Å². The number of carbonyl (C=O) groups is 2. The van der Waals surface area contributed by atoms with Crippen LogP contribution in [-0.2, 0) is 9.53 Å². The number of nitro benzene ring substituents is 1. The first-order valence-corrected chi connectivity index (χ1v) is 7.68. The fourth-order valence-electron chi connectivity index (χ4n) is 1.94. The Bertz CT molecular complexity index is 820. The maximum Gasteiger partial charge on any atom is 0.340 e. The summed E-state index contributed by atoms with van der Waals surface area (Å²) in [5, 5.41) is 13.2. The molecule has 0 saturated heterocycles. The largest absolute Gasteiger partial charge is 0.449 e. The van der Waals surface area contributed by atoms with Crippen LogP contribution in [0.15, 0.2) is 42.5 Å². The van der Waals surface area contributed by atoms with Crippen LogP contribution in [-0.4, -0.2) is 22.9 Å². The number of rotatable bonds is 5. The van der Waals surface area contributed by atoms with Gasteiger partial charge in [0.25, 0.3) is 11.6 Å². The number of hydrogen-bond acceptors (Lipinski definition) is 5. The van der Waals surface area contributed by atoms with E-state index in [0.717, 1.165) is 17.7 Å². The third-order valence-corrected chi connectivity index (χ3v) is 3.67. The highest BCUT2D eigenvalue weighted by Crippen LogP contribution is 2.23. The molecule has 0 aromatic heterocycles. The van der Waals surface area contributed by atoms with Crippen LogP contribution in [0.25, 0.3) is 0 Å². The number of carbonyl (C=O) groups excluding carboxylic acids is 2. The molecule has 0 aliphatic rings. The molecule has 1 amide bonds. The van der Waals surface area contributed by atoms with Crippen molar-refractivity contribution in [2.45, 2.75) is 20.0 Å². The van der Waals surface area contributed by atoms with E-state index in [4.69, 9.17) is 16.3 Å². The van der Waals surface area contributed by atoms with Gasteiger partial charge < -0.3 is 10.1 Å². The number of hydrogen-bond donors (Lipinski definition) is 1. The molecule has 0 spiro atoms. The third kappa shape index (κ3) is 4.77. The number of ether oxygens (including phenoxy) is 1. The van der Waals surface area contributed by atoms with Crippen LogP contribution < -0.4 is 5.32 Å². The summed E-state index contributed by atoms with van der Waals surface area (Å²) < 4.78 is 5.07. The van der Waals surface area contributed by atoms with Crippen LogP contribution in [0.4, 0.5) is 11.4 Å². The minimum atomic E-state index is -1.07. The second-order valence-electron chi connectivity index (χ2n) is 5.32. The predicted molar refractivity (Wildman–Crippen MR) is 92.8 cm³/mol. The highest BCUT2D eigenvalue weighted by molar-refractivity contribution is 6.33. The van der Waals surface area contributed by atoms with Gasteiger partial charge >= 0.3 is 5.97 Å². The number of non-ortho nitro benzene ring substituents is 1. The van der Waals surface area contributed by atoms with Crippen molar-refractivity contribution in [1.82, 2.24) is 0 Å². The molecule has 0 fully saturated rings. The molecule has 0 aliphatic heterocycles.